The number of carbonyl (C=O) groups excluding carboxylic acids is 2. The first-order chi connectivity index (χ1) is 7.08. The van der Waals surface area contributed by atoms with Crippen molar-refractivity contribution in [2.24, 2.45) is 0 Å². The van der Waals surface area contributed by atoms with Gasteiger partial charge in [0.05, 0.1) is 14.2 Å². The zero-order chi connectivity index (χ0) is 11.8. The first-order valence-corrected chi connectivity index (χ1v) is 4.62. The van der Waals surface area contributed by atoms with E-state index in [1.165, 1.54) is 14.2 Å². The molecule has 0 aromatic carbocycles. The van der Waals surface area contributed by atoms with Crippen molar-refractivity contribution < 1.29 is 19.1 Å². The first kappa shape index (κ1) is 13.4. The number of esters is 2. The minimum atomic E-state index is -0.680. The number of methoxy groups -OCH3 is 2. The fraction of sp³-hybridized carbons (Fsp3) is 0.455. The van der Waals surface area contributed by atoms with Crippen LogP contribution in [0.3, 0.4) is 0 Å². The smallest absolute Gasteiger partial charge is 0.345 e. The molecule has 4 heteroatoms. The van der Waals surface area contributed by atoms with Crippen LogP contribution in [0.5, 0.6) is 0 Å². The van der Waals surface area contributed by atoms with Crippen molar-refractivity contribution >= 4 is 11.9 Å². The highest BCUT2D eigenvalue weighted by molar-refractivity contribution is 6.15. The maximum absolute atomic E-state index is 11.3. The highest BCUT2D eigenvalue weighted by Gasteiger charge is 2.21. The van der Waals surface area contributed by atoms with E-state index in [0.717, 1.165) is 6.42 Å². The Bertz CT molecular complexity index is 282. The Balaban J connectivity index is 5.15. The number of hydrogen-bond donors (Lipinski definition) is 0. The minimum absolute atomic E-state index is 0.0651. The topological polar surface area (TPSA) is 52.6 Å². The van der Waals surface area contributed by atoms with Crippen molar-refractivity contribution in [1.29, 1.82) is 0 Å². The lowest BCUT2D eigenvalue weighted by molar-refractivity contribution is -0.144. The van der Waals surface area contributed by atoms with Gasteiger partial charge < -0.3 is 9.47 Å². The Morgan fingerprint density at radius 2 is 1.60 bits per heavy atom. The fourth-order valence-corrected chi connectivity index (χ4v) is 0.987. The molecular weight excluding hydrogens is 196 g/mol. The average molecular weight is 212 g/mol. The highest BCUT2D eigenvalue weighted by Crippen LogP contribution is 2.10. The number of ether oxygens (including phenoxy) is 2. The summed E-state index contributed by atoms with van der Waals surface area (Å²) < 4.78 is 9.01. The van der Waals surface area contributed by atoms with Gasteiger partial charge in [-0.1, -0.05) is 19.1 Å². The Kier molecular flexibility index (Phi) is 6.09. The van der Waals surface area contributed by atoms with E-state index in [1.807, 2.05) is 13.0 Å². The molecule has 0 amide bonds. The third-order valence-electron chi connectivity index (χ3n) is 1.78. The zero-order valence-corrected chi connectivity index (χ0v) is 9.49. The second-order valence-electron chi connectivity index (χ2n) is 2.85. The lowest BCUT2D eigenvalue weighted by Crippen LogP contribution is -2.17. The van der Waals surface area contributed by atoms with Gasteiger partial charge in [-0.05, 0) is 18.9 Å². The fourth-order valence-electron chi connectivity index (χ4n) is 0.987. The summed E-state index contributed by atoms with van der Waals surface area (Å²) in [5.41, 5.74) is 0.472. The molecule has 15 heavy (non-hydrogen) atoms. The molecule has 0 N–H and O–H groups in total. The van der Waals surface area contributed by atoms with Crippen LogP contribution in [0.15, 0.2) is 23.3 Å². The van der Waals surface area contributed by atoms with Crippen LogP contribution in [0.2, 0.25) is 0 Å². The van der Waals surface area contributed by atoms with Crippen molar-refractivity contribution in [3.8, 4) is 0 Å². The summed E-state index contributed by atoms with van der Waals surface area (Å²) in [6.45, 7) is 3.62. The number of carbonyl (C=O) groups is 2. The summed E-state index contributed by atoms with van der Waals surface area (Å²) in [6, 6.07) is 0. The third-order valence-corrected chi connectivity index (χ3v) is 1.78. The van der Waals surface area contributed by atoms with Gasteiger partial charge in [0.1, 0.15) is 5.57 Å². The molecule has 0 radical (unpaired) electrons. The largest absolute Gasteiger partial charge is 0.465 e. The van der Waals surface area contributed by atoms with E-state index in [4.69, 9.17) is 0 Å². The van der Waals surface area contributed by atoms with E-state index in [1.54, 1.807) is 13.0 Å². The maximum atomic E-state index is 11.3. The molecule has 0 unspecified atom stereocenters. The summed E-state index contributed by atoms with van der Waals surface area (Å²) in [5.74, 6) is -1.36. The Morgan fingerprint density at radius 3 is 1.93 bits per heavy atom. The molecule has 0 saturated heterocycles. The lowest BCUT2D eigenvalue weighted by atomic mass is 10.1. The molecule has 0 rings (SSSR count). The van der Waals surface area contributed by atoms with E-state index in [9.17, 15) is 9.59 Å². The van der Waals surface area contributed by atoms with E-state index in [2.05, 4.69) is 9.47 Å². The van der Waals surface area contributed by atoms with E-state index < -0.39 is 11.9 Å². The van der Waals surface area contributed by atoms with Crippen LogP contribution in [-0.2, 0) is 19.1 Å². The average Bonchev–Trinajstić information content (AvgIpc) is 2.25. The van der Waals surface area contributed by atoms with E-state index in [-0.39, 0.29) is 5.57 Å². The van der Waals surface area contributed by atoms with Gasteiger partial charge in [0.25, 0.3) is 0 Å². The Morgan fingerprint density at radius 1 is 1.13 bits per heavy atom. The van der Waals surface area contributed by atoms with Crippen LogP contribution >= 0.6 is 0 Å². The summed E-state index contributed by atoms with van der Waals surface area (Å²) in [5, 5.41) is 0. The first-order valence-electron chi connectivity index (χ1n) is 4.62. The van der Waals surface area contributed by atoms with Crippen molar-refractivity contribution in [2.45, 2.75) is 20.3 Å². The van der Waals surface area contributed by atoms with Crippen LogP contribution in [-0.4, -0.2) is 26.2 Å². The molecule has 84 valence electrons. The number of rotatable bonds is 4. The molecule has 0 spiro atoms. The third kappa shape index (κ3) is 3.97. The predicted octanol–water partition coefficient (Wildman–Crippen LogP) is 1.62. The number of allylic oxidation sites excluding steroid dienone is 3. The quantitative estimate of drug-likeness (QED) is 0.233. The lowest BCUT2D eigenvalue weighted by Gasteiger charge is -2.05. The van der Waals surface area contributed by atoms with Crippen LogP contribution in [0.25, 0.3) is 0 Å². The van der Waals surface area contributed by atoms with Crippen molar-refractivity contribution in [1.82, 2.24) is 0 Å². The Hall–Kier alpha value is -1.58. The van der Waals surface area contributed by atoms with Crippen molar-refractivity contribution in [2.75, 3.05) is 14.2 Å². The molecule has 4 nitrogen and oxygen atoms in total. The summed E-state index contributed by atoms with van der Waals surface area (Å²) in [7, 11) is 2.45. The maximum Gasteiger partial charge on any atom is 0.345 e. The van der Waals surface area contributed by atoms with Gasteiger partial charge in [-0.3, -0.25) is 0 Å². The van der Waals surface area contributed by atoms with Crippen LogP contribution < -0.4 is 0 Å². The summed E-state index contributed by atoms with van der Waals surface area (Å²) in [6.07, 6.45) is 4.37. The van der Waals surface area contributed by atoms with Gasteiger partial charge >= 0.3 is 11.9 Å². The minimum Gasteiger partial charge on any atom is -0.465 e. The molecule has 0 atom stereocenters. The van der Waals surface area contributed by atoms with E-state index in [0.29, 0.717) is 5.57 Å². The SMILES string of the molecule is CCC=CC(C)=C(C(=O)OC)C(=O)OC. The van der Waals surface area contributed by atoms with E-state index >= 15 is 0 Å². The highest BCUT2D eigenvalue weighted by atomic mass is 16.5. The molecule has 0 bridgehead atoms. The van der Waals surface area contributed by atoms with Crippen LogP contribution in [0, 0.1) is 0 Å². The van der Waals surface area contributed by atoms with Gasteiger partial charge in [-0.15, -0.1) is 0 Å². The van der Waals surface area contributed by atoms with Gasteiger partial charge in [0, 0.05) is 0 Å². The zero-order valence-electron chi connectivity index (χ0n) is 9.49. The molecule has 0 aromatic heterocycles. The van der Waals surface area contributed by atoms with Crippen LogP contribution in [0.1, 0.15) is 20.3 Å². The van der Waals surface area contributed by atoms with Gasteiger partial charge in [0.15, 0.2) is 0 Å². The molecule has 0 saturated carbocycles. The van der Waals surface area contributed by atoms with Gasteiger partial charge in [-0.2, -0.15) is 0 Å². The monoisotopic (exact) mass is 212 g/mol. The van der Waals surface area contributed by atoms with Gasteiger partial charge in [0.2, 0.25) is 0 Å². The molecule has 0 heterocycles. The van der Waals surface area contributed by atoms with Crippen molar-refractivity contribution in [3.63, 3.8) is 0 Å². The van der Waals surface area contributed by atoms with Crippen LogP contribution in [0.4, 0.5) is 0 Å². The molecular formula is C11H16O4. The molecule has 0 aliphatic rings. The normalized spacial score (nSPS) is 9.87. The second-order valence-corrected chi connectivity index (χ2v) is 2.85. The number of hydrogen-bond acceptors (Lipinski definition) is 4. The second kappa shape index (κ2) is 6.81. The molecule has 0 fully saturated rings. The van der Waals surface area contributed by atoms with Crippen molar-refractivity contribution in [3.05, 3.63) is 23.3 Å². The molecule has 0 aliphatic carbocycles. The summed E-state index contributed by atoms with van der Waals surface area (Å²) >= 11 is 0. The standard InChI is InChI=1S/C11H16O4/c1-5-6-7-8(2)9(10(12)14-3)11(13)15-4/h6-7H,5H2,1-4H3. The predicted molar refractivity (Wildman–Crippen MR) is 56.2 cm³/mol. The molecule has 0 aromatic rings. The van der Waals surface area contributed by atoms with Gasteiger partial charge in [-0.25, -0.2) is 9.59 Å². The molecule has 0 aliphatic heterocycles. The summed E-state index contributed by atoms with van der Waals surface area (Å²) in [4.78, 5) is 22.6. The Labute approximate surface area is 89.6 Å².